The quantitative estimate of drug-likeness (QED) is 0.277. The van der Waals surface area contributed by atoms with Gasteiger partial charge in [-0.15, -0.1) is 0 Å². The smallest absolute Gasteiger partial charge is 0.341 e. The molecule has 4 aromatic heterocycles. The van der Waals surface area contributed by atoms with Crippen LogP contribution >= 0.6 is 0 Å². The zero-order valence-electron chi connectivity index (χ0n) is 24.2. The highest BCUT2D eigenvalue weighted by Crippen LogP contribution is 2.48. The number of hydrogen-bond acceptors (Lipinski definition) is 7. The Hall–Kier alpha value is -4.58. The first-order valence-corrected chi connectivity index (χ1v) is 14.2. The topological polar surface area (TPSA) is 119 Å². The molecule has 0 bridgehead atoms. The number of halogens is 2. The normalized spacial score (nSPS) is 20.2. The van der Waals surface area contributed by atoms with Gasteiger partial charge in [0.1, 0.15) is 16.9 Å². The van der Waals surface area contributed by atoms with Gasteiger partial charge in [-0.25, -0.2) is 23.5 Å². The van der Waals surface area contributed by atoms with Crippen molar-refractivity contribution in [3.8, 4) is 11.1 Å². The van der Waals surface area contributed by atoms with E-state index in [1.165, 1.54) is 10.8 Å². The summed E-state index contributed by atoms with van der Waals surface area (Å²) in [5.74, 6) is -2.44. The molecular formula is C31H31F2N7O3. The van der Waals surface area contributed by atoms with Crippen molar-refractivity contribution >= 4 is 50.3 Å². The van der Waals surface area contributed by atoms with Crippen molar-refractivity contribution < 1.29 is 18.7 Å². The second-order valence-corrected chi connectivity index (χ2v) is 11.9. The highest BCUT2D eigenvalue weighted by atomic mass is 19.2. The molecule has 0 spiro atoms. The average Bonchev–Trinajstić information content (AvgIpc) is 3.68. The number of nitrogens with zero attached hydrogens (tertiary/aromatic N) is 5. The van der Waals surface area contributed by atoms with Gasteiger partial charge in [-0.05, 0) is 44.8 Å². The number of aromatic nitrogens is 4. The van der Waals surface area contributed by atoms with Gasteiger partial charge in [0, 0.05) is 69.0 Å². The van der Waals surface area contributed by atoms with E-state index in [9.17, 15) is 19.1 Å². The third-order valence-corrected chi connectivity index (χ3v) is 9.39. The molecule has 7 rings (SSSR count). The highest BCUT2D eigenvalue weighted by Gasteiger charge is 2.44. The van der Waals surface area contributed by atoms with Gasteiger partial charge in [-0.3, -0.25) is 4.79 Å². The molecule has 1 aliphatic carbocycles. The maximum absolute atomic E-state index is 15.7. The number of aromatic amines is 1. The Morgan fingerprint density at radius 2 is 1.93 bits per heavy atom. The third kappa shape index (κ3) is 3.99. The summed E-state index contributed by atoms with van der Waals surface area (Å²) in [4.78, 5) is 41.9. The molecule has 3 atom stereocenters. The monoisotopic (exact) mass is 587 g/mol. The molecule has 0 unspecified atom stereocenters. The first-order valence-electron chi connectivity index (χ1n) is 14.2. The van der Waals surface area contributed by atoms with Crippen LogP contribution in [0.15, 0.2) is 35.5 Å². The summed E-state index contributed by atoms with van der Waals surface area (Å²) < 4.78 is 32.2. The van der Waals surface area contributed by atoms with Gasteiger partial charge in [-0.2, -0.15) is 0 Å². The third-order valence-electron chi connectivity index (χ3n) is 9.39. The maximum atomic E-state index is 15.7. The number of aryl methyl sites for hydroxylation is 1. The lowest BCUT2D eigenvalue weighted by Gasteiger charge is -2.28. The standard InChI is InChI=1S/C31H31F2N7O3/c1-34-21-8-20(32)25(33)23-24-27(40-11-14-5-6-22(38(2)3)18(14)13-40)17(10-35-29(24)37-26(21)23)15-7-16-28(41)19(31(42)43)12-39(4)30(16)36-9-15/h7-10,12,14,18,22,34H,5-6,11,13H2,1-4H3,(H,35,37)(H,42,43)/t14-,18+,22+/m1/s1. The van der Waals surface area contributed by atoms with E-state index in [1.54, 1.807) is 32.6 Å². The minimum Gasteiger partial charge on any atom is -0.477 e. The molecule has 3 N–H and O–H groups in total. The molecule has 222 valence electrons. The van der Waals surface area contributed by atoms with Crippen molar-refractivity contribution in [1.82, 2.24) is 24.4 Å². The molecule has 1 saturated heterocycles. The summed E-state index contributed by atoms with van der Waals surface area (Å²) in [5.41, 5.74) is 2.35. The molecule has 1 aromatic carbocycles. The molecular weight excluding hydrogens is 556 g/mol. The Morgan fingerprint density at radius 1 is 1.14 bits per heavy atom. The highest BCUT2D eigenvalue weighted by molar-refractivity contribution is 6.18. The van der Waals surface area contributed by atoms with E-state index < -0.39 is 23.0 Å². The van der Waals surface area contributed by atoms with Gasteiger partial charge in [0.2, 0.25) is 5.43 Å². The first kappa shape index (κ1) is 27.3. The van der Waals surface area contributed by atoms with Crippen molar-refractivity contribution in [2.45, 2.75) is 18.9 Å². The fourth-order valence-electron chi connectivity index (χ4n) is 7.40. The molecule has 0 radical (unpaired) electrons. The fraction of sp³-hybridized carbons (Fsp3) is 0.355. The Kier molecular flexibility index (Phi) is 6.17. The number of pyridine rings is 3. The molecule has 0 amide bonds. The van der Waals surface area contributed by atoms with E-state index in [1.807, 2.05) is 0 Å². The lowest BCUT2D eigenvalue weighted by Crippen LogP contribution is -2.35. The van der Waals surface area contributed by atoms with Crippen LogP contribution in [-0.2, 0) is 7.05 Å². The van der Waals surface area contributed by atoms with Crippen molar-refractivity contribution in [3.05, 3.63) is 58.1 Å². The molecule has 2 fully saturated rings. The molecule has 12 heteroatoms. The van der Waals surface area contributed by atoms with E-state index in [-0.39, 0.29) is 16.3 Å². The van der Waals surface area contributed by atoms with Gasteiger partial charge in [0.05, 0.1) is 33.1 Å². The van der Waals surface area contributed by atoms with Crippen molar-refractivity contribution in [1.29, 1.82) is 0 Å². The summed E-state index contributed by atoms with van der Waals surface area (Å²) in [6, 6.07) is 3.15. The fourth-order valence-corrected chi connectivity index (χ4v) is 7.40. The second kappa shape index (κ2) is 9.73. The van der Waals surface area contributed by atoms with Crippen LogP contribution in [-0.4, -0.2) is 75.8 Å². The van der Waals surface area contributed by atoms with E-state index in [2.05, 4.69) is 44.2 Å². The lowest BCUT2D eigenvalue weighted by atomic mass is 9.97. The minimum absolute atomic E-state index is 0.0998. The van der Waals surface area contributed by atoms with E-state index in [0.717, 1.165) is 25.5 Å². The number of nitrogens with one attached hydrogen (secondary N) is 2. The Morgan fingerprint density at radius 3 is 2.65 bits per heavy atom. The van der Waals surface area contributed by atoms with Crippen LogP contribution in [0.2, 0.25) is 0 Å². The van der Waals surface area contributed by atoms with Gasteiger partial charge >= 0.3 is 5.97 Å². The summed E-state index contributed by atoms with van der Waals surface area (Å²) in [5, 5.41) is 13.3. The number of benzene rings is 1. The van der Waals surface area contributed by atoms with Crippen LogP contribution in [0.4, 0.5) is 20.2 Å². The van der Waals surface area contributed by atoms with Crippen LogP contribution in [0.1, 0.15) is 23.2 Å². The van der Waals surface area contributed by atoms with E-state index in [4.69, 9.17) is 0 Å². The van der Waals surface area contributed by atoms with E-state index in [0.29, 0.717) is 69.1 Å². The second-order valence-electron chi connectivity index (χ2n) is 11.9. The lowest BCUT2D eigenvalue weighted by molar-refractivity contribution is 0.0695. The number of aromatic carboxylic acids is 1. The van der Waals surface area contributed by atoms with Crippen LogP contribution in [0.25, 0.3) is 44.1 Å². The summed E-state index contributed by atoms with van der Waals surface area (Å²) in [7, 11) is 7.46. The van der Waals surface area contributed by atoms with Crippen LogP contribution in [0, 0.1) is 23.5 Å². The number of rotatable bonds is 5. The summed E-state index contributed by atoms with van der Waals surface area (Å²) in [6.45, 7) is 1.45. The Balaban J connectivity index is 1.53. The van der Waals surface area contributed by atoms with Crippen molar-refractivity contribution in [3.63, 3.8) is 0 Å². The molecule has 5 aromatic rings. The largest absolute Gasteiger partial charge is 0.477 e. The van der Waals surface area contributed by atoms with Gasteiger partial charge < -0.3 is 29.8 Å². The Bertz CT molecular complexity index is 2040. The van der Waals surface area contributed by atoms with Gasteiger partial charge in [-0.1, -0.05) is 0 Å². The Labute approximate surface area is 244 Å². The van der Waals surface area contributed by atoms with Crippen molar-refractivity contribution in [2.24, 2.45) is 18.9 Å². The summed E-state index contributed by atoms with van der Waals surface area (Å²) in [6.07, 6.45) is 6.70. The zero-order chi connectivity index (χ0) is 30.3. The molecule has 43 heavy (non-hydrogen) atoms. The molecule has 1 aliphatic heterocycles. The predicted molar refractivity (Wildman–Crippen MR) is 162 cm³/mol. The SMILES string of the molecule is CNc1cc(F)c(F)c2c1[nH]c1ncc(-c3cnc4c(c3)c(=O)c(C(=O)O)cn4C)c(N3C[C@H]4CC[C@H](N(C)C)[C@H]4C3)c12. The van der Waals surface area contributed by atoms with Crippen LogP contribution in [0.5, 0.6) is 0 Å². The zero-order valence-corrected chi connectivity index (χ0v) is 24.2. The minimum atomic E-state index is -1.33. The van der Waals surface area contributed by atoms with Gasteiger partial charge in [0.25, 0.3) is 0 Å². The van der Waals surface area contributed by atoms with E-state index >= 15 is 4.39 Å². The number of anilines is 2. The average molecular weight is 588 g/mol. The molecule has 1 saturated carbocycles. The number of carboxylic acid groups (broad SMARTS) is 1. The summed E-state index contributed by atoms with van der Waals surface area (Å²) >= 11 is 0. The molecule has 5 heterocycles. The number of fused-ring (bicyclic) bond motifs is 5. The van der Waals surface area contributed by atoms with Crippen LogP contribution in [0.3, 0.4) is 0 Å². The predicted octanol–water partition coefficient (Wildman–Crippen LogP) is 4.42. The molecule has 2 aliphatic rings. The number of hydrogen-bond donors (Lipinski definition) is 3. The maximum Gasteiger partial charge on any atom is 0.341 e. The number of H-pyrrole nitrogens is 1. The number of carbonyl (C=O) groups is 1. The first-order chi connectivity index (χ1) is 20.6. The van der Waals surface area contributed by atoms with Gasteiger partial charge in [0.15, 0.2) is 11.6 Å². The number of carboxylic acids is 1. The van der Waals surface area contributed by atoms with Crippen molar-refractivity contribution in [2.75, 3.05) is 44.4 Å². The van der Waals surface area contributed by atoms with Crippen LogP contribution < -0.4 is 15.6 Å². The molecule has 10 nitrogen and oxygen atoms in total.